The molecular formula is C21H23ClN2O4. The highest BCUT2D eigenvalue weighted by Crippen LogP contribution is 2.30. The van der Waals surface area contributed by atoms with E-state index in [0.717, 1.165) is 12.0 Å². The van der Waals surface area contributed by atoms with E-state index in [2.05, 4.69) is 5.32 Å². The van der Waals surface area contributed by atoms with Gasteiger partial charge in [0.1, 0.15) is 0 Å². The molecule has 1 heterocycles. The fourth-order valence-electron chi connectivity index (χ4n) is 3.22. The topological polar surface area (TPSA) is 67.9 Å². The van der Waals surface area contributed by atoms with Gasteiger partial charge in [0.25, 0.3) is 5.91 Å². The number of benzene rings is 2. The fourth-order valence-corrected chi connectivity index (χ4v) is 3.44. The van der Waals surface area contributed by atoms with Crippen molar-refractivity contribution in [3.8, 4) is 11.5 Å². The van der Waals surface area contributed by atoms with Gasteiger partial charge in [0.15, 0.2) is 11.5 Å². The van der Waals surface area contributed by atoms with Gasteiger partial charge in [0, 0.05) is 25.1 Å². The Morgan fingerprint density at radius 3 is 2.61 bits per heavy atom. The van der Waals surface area contributed by atoms with Crippen molar-refractivity contribution in [2.24, 2.45) is 0 Å². The monoisotopic (exact) mass is 402 g/mol. The number of halogens is 1. The Kier molecular flexibility index (Phi) is 6.41. The number of hydrogen-bond acceptors (Lipinski definition) is 4. The average molecular weight is 403 g/mol. The van der Waals surface area contributed by atoms with Gasteiger partial charge in [0.2, 0.25) is 5.91 Å². The Morgan fingerprint density at radius 1 is 1.14 bits per heavy atom. The molecule has 2 aromatic carbocycles. The lowest BCUT2D eigenvalue weighted by Crippen LogP contribution is -2.27. The van der Waals surface area contributed by atoms with Gasteiger partial charge in [-0.05, 0) is 48.7 Å². The van der Waals surface area contributed by atoms with Crippen molar-refractivity contribution in [2.45, 2.75) is 19.3 Å². The normalized spacial score (nSPS) is 13.5. The van der Waals surface area contributed by atoms with Crippen LogP contribution >= 0.6 is 11.6 Å². The molecule has 0 unspecified atom stereocenters. The summed E-state index contributed by atoms with van der Waals surface area (Å²) in [6.07, 6.45) is 1.96. The van der Waals surface area contributed by atoms with Crippen LogP contribution in [0.15, 0.2) is 36.4 Å². The van der Waals surface area contributed by atoms with Crippen LogP contribution in [-0.4, -0.2) is 39.1 Å². The summed E-state index contributed by atoms with van der Waals surface area (Å²) in [5.41, 5.74) is 2.10. The van der Waals surface area contributed by atoms with E-state index in [-0.39, 0.29) is 11.8 Å². The van der Waals surface area contributed by atoms with E-state index in [0.29, 0.717) is 53.7 Å². The molecular weight excluding hydrogens is 380 g/mol. The molecule has 0 spiro atoms. The van der Waals surface area contributed by atoms with E-state index in [1.165, 1.54) is 0 Å². The Labute approximate surface area is 169 Å². The summed E-state index contributed by atoms with van der Waals surface area (Å²) in [4.78, 5) is 26.1. The van der Waals surface area contributed by atoms with Crippen LogP contribution < -0.4 is 19.7 Å². The zero-order valence-corrected chi connectivity index (χ0v) is 16.7. The summed E-state index contributed by atoms with van der Waals surface area (Å²) >= 11 is 6.24. The molecule has 0 saturated carbocycles. The molecule has 6 nitrogen and oxygen atoms in total. The fraction of sp³-hybridized carbons (Fsp3) is 0.333. The summed E-state index contributed by atoms with van der Waals surface area (Å²) in [5, 5.41) is 3.37. The molecule has 0 aromatic heterocycles. The highest BCUT2D eigenvalue weighted by atomic mass is 35.5. The van der Waals surface area contributed by atoms with Crippen molar-refractivity contribution in [2.75, 3.05) is 32.2 Å². The Hall–Kier alpha value is -2.73. The lowest BCUT2D eigenvalue weighted by Gasteiger charge is -2.18. The van der Waals surface area contributed by atoms with Crippen molar-refractivity contribution in [1.82, 2.24) is 5.32 Å². The van der Waals surface area contributed by atoms with Gasteiger partial charge in [-0.2, -0.15) is 0 Å². The maximum atomic E-state index is 12.5. The van der Waals surface area contributed by atoms with Gasteiger partial charge < -0.3 is 19.7 Å². The van der Waals surface area contributed by atoms with Crippen molar-refractivity contribution in [3.05, 3.63) is 52.5 Å². The largest absolute Gasteiger partial charge is 0.493 e. The van der Waals surface area contributed by atoms with Crippen LogP contribution in [0.3, 0.4) is 0 Å². The second-order valence-electron chi connectivity index (χ2n) is 6.51. The Morgan fingerprint density at radius 2 is 1.93 bits per heavy atom. The number of nitrogens with zero attached hydrogens (tertiary/aromatic N) is 1. The molecule has 7 heteroatoms. The molecule has 1 aliphatic heterocycles. The standard InChI is InChI=1S/C21H23ClN2O4/c1-27-18-8-5-14(12-19(18)28-2)9-10-23-21(26)15-6-7-16(22)17(13-15)24-11-3-4-20(24)25/h5-8,12-13H,3-4,9-11H2,1-2H3,(H,23,26). The van der Waals surface area contributed by atoms with E-state index < -0.39 is 0 Å². The third-order valence-electron chi connectivity index (χ3n) is 4.72. The number of nitrogens with one attached hydrogen (secondary N) is 1. The molecule has 1 aliphatic rings. The highest BCUT2D eigenvalue weighted by Gasteiger charge is 2.24. The minimum Gasteiger partial charge on any atom is -0.493 e. The minimum absolute atomic E-state index is 0.0351. The predicted molar refractivity (Wildman–Crippen MR) is 109 cm³/mol. The van der Waals surface area contributed by atoms with Crippen LogP contribution in [0.5, 0.6) is 11.5 Å². The van der Waals surface area contributed by atoms with Gasteiger partial charge in [-0.25, -0.2) is 0 Å². The van der Waals surface area contributed by atoms with Gasteiger partial charge in [-0.15, -0.1) is 0 Å². The van der Waals surface area contributed by atoms with Crippen molar-refractivity contribution in [3.63, 3.8) is 0 Å². The lowest BCUT2D eigenvalue weighted by molar-refractivity contribution is -0.117. The first-order chi connectivity index (χ1) is 13.5. The van der Waals surface area contributed by atoms with Gasteiger partial charge in [-0.3, -0.25) is 9.59 Å². The van der Waals surface area contributed by atoms with Crippen LogP contribution in [0.2, 0.25) is 5.02 Å². The summed E-state index contributed by atoms with van der Waals surface area (Å²) in [6.45, 7) is 1.10. The molecule has 3 rings (SSSR count). The lowest BCUT2D eigenvalue weighted by atomic mass is 10.1. The summed E-state index contributed by atoms with van der Waals surface area (Å²) < 4.78 is 10.5. The van der Waals surface area contributed by atoms with Crippen LogP contribution in [0, 0.1) is 0 Å². The van der Waals surface area contributed by atoms with E-state index in [9.17, 15) is 9.59 Å². The van der Waals surface area contributed by atoms with Gasteiger partial charge >= 0.3 is 0 Å². The van der Waals surface area contributed by atoms with Crippen LogP contribution in [0.25, 0.3) is 0 Å². The first kappa shape index (κ1) is 20.0. The van der Waals surface area contributed by atoms with E-state index in [4.69, 9.17) is 21.1 Å². The molecule has 2 aromatic rings. The summed E-state index contributed by atoms with van der Waals surface area (Å²) in [5.74, 6) is 1.15. The van der Waals surface area contributed by atoms with Gasteiger partial charge in [-0.1, -0.05) is 17.7 Å². The van der Waals surface area contributed by atoms with E-state index in [1.807, 2.05) is 18.2 Å². The summed E-state index contributed by atoms with van der Waals surface area (Å²) in [6, 6.07) is 10.7. The molecule has 0 aliphatic carbocycles. The second kappa shape index (κ2) is 8.97. The Bertz CT molecular complexity index is 885. The quantitative estimate of drug-likeness (QED) is 0.770. The van der Waals surface area contributed by atoms with Crippen molar-refractivity contribution in [1.29, 1.82) is 0 Å². The predicted octanol–water partition coefficient (Wildman–Crippen LogP) is 3.46. The molecule has 0 atom stereocenters. The molecule has 1 saturated heterocycles. The third-order valence-corrected chi connectivity index (χ3v) is 5.04. The maximum absolute atomic E-state index is 12.5. The van der Waals surface area contributed by atoms with E-state index >= 15 is 0 Å². The van der Waals surface area contributed by atoms with Crippen LogP contribution in [0.1, 0.15) is 28.8 Å². The number of hydrogen-bond donors (Lipinski definition) is 1. The van der Waals surface area contributed by atoms with Crippen molar-refractivity contribution < 1.29 is 19.1 Å². The van der Waals surface area contributed by atoms with Gasteiger partial charge in [0.05, 0.1) is 24.9 Å². The molecule has 2 amide bonds. The highest BCUT2D eigenvalue weighted by molar-refractivity contribution is 6.34. The SMILES string of the molecule is COc1ccc(CCNC(=O)c2ccc(Cl)c(N3CCCC3=O)c2)cc1OC. The molecule has 1 N–H and O–H groups in total. The third kappa shape index (κ3) is 4.39. The number of amides is 2. The number of carbonyl (C=O) groups is 2. The Balaban J connectivity index is 1.63. The van der Waals surface area contributed by atoms with Crippen LogP contribution in [-0.2, 0) is 11.2 Å². The number of rotatable bonds is 7. The smallest absolute Gasteiger partial charge is 0.251 e. The zero-order valence-electron chi connectivity index (χ0n) is 16.0. The second-order valence-corrected chi connectivity index (χ2v) is 6.92. The molecule has 0 bridgehead atoms. The molecule has 1 fully saturated rings. The summed E-state index contributed by atoms with van der Waals surface area (Å²) in [7, 11) is 3.18. The van der Waals surface area contributed by atoms with Crippen LogP contribution in [0.4, 0.5) is 5.69 Å². The number of methoxy groups -OCH3 is 2. The first-order valence-electron chi connectivity index (χ1n) is 9.12. The number of ether oxygens (including phenoxy) is 2. The minimum atomic E-state index is -0.204. The van der Waals surface area contributed by atoms with E-state index in [1.54, 1.807) is 37.3 Å². The number of anilines is 1. The van der Waals surface area contributed by atoms with Crippen molar-refractivity contribution >= 4 is 29.1 Å². The molecule has 0 radical (unpaired) electrons. The maximum Gasteiger partial charge on any atom is 0.251 e. The zero-order chi connectivity index (χ0) is 20.1. The first-order valence-corrected chi connectivity index (χ1v) is 9.50. The molecule has 148 valence electrons. The average Bonchev–Trinajstić information content (AvgIpc) is 3.13. The molecule has 28 heavy (non-hydrogen) atoms. The number of carbonyl (C=O) groups excluding carboxylic acids is 2.